The van der Waals surface area contributed by atoms with Crippen molar-refractivity contribution in [2.45, 2.75) is 6.92 Å². The minimum absolute atomic E-state index is 0.653. The average Bonchev–Trinajstić information content (AvgIpc) is 2.25. The third-order valence-electron chi connectivity index (χ3n) is 2.27. The van der Waals surface area contributed by atoms with E-state index in [1.54, 1.807) is 6.07 Å². The van der Waals surface area contributed by atoms with Crippen molar-refractivity contribution in [3.05, 3.63) is 47.7 Å². The third-order valence-corrected chi connectivity index (χ3v) is 2.27. The first kappa shape index (κ1) is 10.4. The zero-order valence-electron chi connectivity index (χ0n) is 8.84. The van der Waals surface area contributed by atoms with Crippen LogP contribution in [0.4, 0.5) is 0 Å². The van der Waals surface area contributed by atoms with Gasteiger partial charge in [-0.2, -0.15) is 0 Å². The fourth-order valence-electron chi connectivity index (χ4n) is 1.49. The van der Waals surface area contributed by atoms with Crippen LogP contribution in [0.3, 0.4) is 0 Å². The second-order valence-electron chi connectivity index (χ2n) is 3.60. The van der Waals surface area contributed by atoms with Crippen LogP contribution in [0.5, 0.6) is 0 Å². The SMILES string of the molecule is Cc1ccc2ccc(C=CC(=O)O)nc2c1. The van der Waals surface area contributed by atoms with Gasteiger partial charge in [0.2, 0.25) is 0 Å². The van der Waals surface area contributed by atoms with Gasteiger partial charge in [0.1, 0.15) is 0 Å². The molecule has 0 fully saturated rings. The van der Waals surface area contributed by atoms with E-state index < -0.39 is 5.97 Å². The number of rotatable bonds is 2. The number of aryl methyl sites for hydroxylation is 1. The van der Waals surface area contributed by atoms with E-state index in [0.29, 0.717) is 5.69 Å². The Morgan fingerprint density at radius 3 is 2.81 bits per heavy atom. The molecule has 80 valence electrons. The monoisotopic (exact) mass is 213 g/mol. The van der Waals surface area contributed by atoms with Gasteiger partial charge in [0.15, 0.2) is 0 Å². The number of carboxylic acid groups (broad SMARTS) is 1. The molecule has 3 nitrogen and oxygen atoms in total. The lowest BCUT2D eigenvalue weighted by molar-refractivity contribution is -0.131. The summed E-state index contributed by atoms with van der Waals surface area (Å²) >= 11 is 0. The summed E-state index contributed by atoms with van der Waals surface area (Å²) in [7, 11) is 0. The average molecular weight is 213 g/mol. The van der Waals surface area contributed by atoms with Gasteiger partial charge in [-0.15, -0.1) is 0 Å². The van der Waals surface area contributed by atoms with Crippen molar-refractivity contribution in [3.8, 4) is 0 Å². The summed E-state index contributed by atoms with van der Waals surface area (Å²) in [6, 6.07) is 9.74. The molecule has 3 heteroatoms. The first-order valence-electron chi connectivity index (χ1n) is 4.93. The molecule has 1 heterocycles. The van der Waals surface area contributed by atoms with Crippen LogP contribution >= 0.6 is 0 Å². The second-order valence-corrected chi connectivity index (χ2v) is 3.60. The fourth-order valence-corrected chi connectivity index (χ4v) is 1.49. The molecule has 2 aromatic rings. The number of hydrogen-bond donors (Lipinski definition) is 1. The van der Waals surface area contributed by atoms with E-state index >= 15 is 0 Å². The van der Waals surface area contributed by atoms with Crippen molar-refractivity contribution in [3.63, 3.8) is 0 Å². The van der Waals surface area contributed by atoms with E-state index in [4.69, 9.17) is 5.11 Å². The number of pyridine rings is 1. The lowest BCUT2D eigenvalue weighted by atomic mass is 10.1. The molecule has 2 rings (SSSR count). The number of fused-ring (bicyclic) bond motifs is 1. The Bertz CT molecular complexity index is 573. The molecular formula is C13H11NO2. The molecule has 0 amide bonds. The lowest BCUT2D eigenvalue weighted by Gasteiger charge is -2.00. The van der Waals surface area contributed by atoms with Crippen LogP contribution in [0, 0.1) is 6.92 Å². The first-order chi connectivity index (χ1) is 7.65. The Kier molecular flexibility index (Phi) is 2.68. The van der Waals surface area contributed by atoms with Crippen LogP contribution in [0.1, 0.15) is 11.3 Å². The van der Waals surface area contributed by atoms with Crippen molar-refractivity contribution >= 4 is 22.9 Å². The van der Waals surface area contributed by atoms with Gasteiger partial charge in [-0.05, 0) is 30.7 Å². The van der Waals surface area contributed by atoms with E-state index in [9.17, 15) is 4.79 Å². The molecule has 0 aliphatic heterocycles. The molecule has 1 N–H and O–H groups in total. The Balaban J connectivity index is 2.46. The summed E-state index contributed by atoms with van der Waals surface area (Å²) in [4.78, 5) is 14.7. The normalized spacial score (nSPS) is 11.1. The van der Waals surface area contributed by atoms with Crippen LogP contribution in [-0.2, 0) is 4.79 Å². The highest BCUT2D eigenvalue weighted by atomic mass is 16.4. The van der Waals surface area contributed by atoms with Crippen LogP contribution in [-0.4, -0.2) is 16.1 Å². The van der Waals surface area contributed by atoms with E-state index in [1.807, 2.05) is 31.2 Å². The highest BCUT2D eigenvalue weighted by Crippen LogP contribution is 2.14. The predicted octanol–water partition coefficient (Wildman–Crippen LogP) is 2.64. The quantitative estimate of drug-likeness (QED) is 0.780. The zero-order chi connectivity index (χ0) is 11.5. The molecule has 16 heavy (non-hydrogen) atoms. The van der Waals surface area contributed by atoms with Gasteiger partial charge >= 0.3 is 5.97 Å². The fraction of sp³-hybridized carbons (Fsp3) is 0.0769. The maximum atomic E-state index is 10.4. The van der Waals surface area contributed by atoms with Crippen molar-refractivity contribution in [2.75, 3.05) is 0 Å². The number of carbonyl (C=O) groups is 1. The van der Waals surface area contributed by atoms with Crippen molar-refractivity contribution in [1.29, 1.82) is 0 Å². The van der Waals surface area contributed by atoms with Gasteiger partial charge in [0.05, 0.1) is 11.2 Å². The number of benzene rings is 1. The predicted molar refractivity (Wildman–Crippen MR) is 63.1 cm³/mol. The van der Waals surface area contributed by atoms with Crippen LogP contribution in [0.15, 0.2) is 36.4 Å². The topological polar surface area (TPSA) is 50.2 Å². The van der Waals surface area contributed by atoms with E-state index in [-0.39, 0.29) is 0 Å². The first-order valence-corrected chi connectivity index (χ1v) is 4.93. The molecule has 0 radical (unpaired) electrons. The molecule has 1 aromatic heterocycles. The van der Waals surface area contributed by atoms with Crippen molar-refractivity contribution in [1.82, 2.24) is 4.98 Å². The number of aliphatic carboxylic acids is 1. The van der Waals surface area contributed by atoms with Gasteiger partial charge in [-0.1, -0.05) is 18.2 Å². The molecule has 0 bridgehead atoms. The largest absolute Gasteiger partial charge is 0.478 e. The molecule has 0 aliphatic rings. The van der Waals surface area contributed by atoms with Gasteiger partial charge in [-0.3, -0.25) is 0 Å². The second kappa shape index (κ2) is 4.14. The highest BCUT2D eigenvalue weighted by molar-refractivity contribution is 5.86. The van der Waals surface area contributed by atoms with Crippen molar-refractivity contribution < 1.29 is 9.90 Å². The summed E-state index contributed by atoms with van der Waals surface area (Å²) in [6.07, 6.45) is 2.58. The molecule has 0 atom stereocenters. The number of nitrogens with zero attached hydrogens (tertiary/aromatic N) is 1. The standard InChI is InChI=1S/C13H11NO2/c1-9-2-3-10-4-5-11(6-7-13(15)16)14-12(10)8-9/h2-8H,1H3,(H,15,16). The molecular weight excluding hydrogens is 202 g/mol. The number of carboxylic acids is 1. The minimum atomic E-state index is -0.967. The van der Waals surface area contributed by atoms with Gasteiger partial charge in [0, 0.05) is 11.5 Å². The van der Waals surface area contributed by atoms with Crippen molar-refractivity contribution in [2.24, 2.45) is 0 Å². The molecule has 0 saturated heterocycles. The summed E-state index contributed by atoms with van der Waals surface area (Å²) in [5.74, 6) is -0.967. The third kappa shape index (κ3) is 2.25. The lowest BCUT2D eigenvalue weighted by Crippen LogP contribution is -1.88. The summed E-state index contributed by atoms with van der Waals surface area (Å²) in [5, 5.41) is 9.57. The van der Waals surface area contributed by atoms with Gasteiger partial charge in [0.25, 0.3) is 0 Å². The van der Waals surface area contributed by atoms with Crippen LogP contribution in [0.2, 0.25) is 0 Å². The Hall–Kier alpha value is -2.16. The molecule has 1 aromatic carbocycles. The molecule has 0 saturated carbocycles. The van der Waals surface area contributed by atoms with E-state index in [2.05, 4.69) is 4.98 Å². The van der Waals surface area contributed by atoms with Gasteiger partial charge in [-0.25, -0.2) is 9.78 Å². The van der Waals surface area contributed by atoms with E-state index in [0.717, 1.165) is 22.5 Å². The smallest absolute Gasteiger partial charge is 0.328 e. The van der Waals surface area contributed by atoms with Crippen LogP contribution in [0.25, 0.3) is 17.0 Å². The Labute approximate surface area is 93.1 Å². The molecule has 0 spiro atoms. The van der Waals surface area contributed by atoms with Crippen LogP contribution < -0.4 is 0 Å². The summed E-state index contributed by atoms with van der Waals surface area (Å²) in [6.45, 7) is 2.00. The summed E-state index contributed by atoms with van der Waals surface area (Å²) < 4.78 is 0. The maximum absolute atomic E-state index is 10.4. The molecule has 0 aliphatic carbocycles. The highest BCUT2D eigenvalue weighted by Gasteiger charge is 1.97. The Morgan fingerprint density at radius 1 is 1.31 bits per heavy atom. The minimum Gasteiger partial charge on any atom is -0.478 e. The number of hydrogen-bond acceptors (Lipinski definition) is 2. The Morgan fingerprint density at radius 2 is 2.06 bits per heavy atom. The summed E-state index contributed by atoms with van der Waals surface area (Å²) in [5.41, 5.74) is 2.67. The number of aromatic nitrogens is 1. The zero-order valence-corrected chi connectivity index (χ0v) is 8.84. The van der Waals surface area contributed by atoms with Gasteiger partial charge < -0.3 is 5.11 Å². The van der Waals surface area contributed by atoms with E-state index in [1.165, 1.54) is 6.08 Å². The maximum Gasteiger partial charge on any atom is 0.328 e. The molecule has 0 unspecified atom stereocenters.